The second-order valence-electron chi connectivity index (χ2n) is 18.8. The smallest absolute Gasteiger partial charge is 0.364 e. The molecule has 434 valence electrons. The van der Waals surface area contributed by atoms with E-state index in [1.165, 1.54) is 7.11 Å². The lowest BCUT2D eigenvalue weighted by Gasteiger charge is -2.51. The number of ether oxygens (including phenoxy) is 9. The Labute approximate surface area is 434 Å². The maximum atomic E-state index is 14.1. The van der Waals surface area contributed by atoms with Crippen molar-refractivity contribution >= 4 is 23.8 Å². The molecule has 0 bridgehead atoms. The van der Waals surface area contributed by atoms with Crippen LogP contribution in [0.3, 0.4) is 0 Å². The molecule has 4 aliphatic heterocycles. The average molecular weight is 1100 g/mol. The molecule has 4 aliphatic rings. The Hall–Kier alpha value is -4.10. The minimum absolute atomic E-state index is 0.105. The summed E-state index contributed by atoms with van der Waals surface area (Å²) >= 11 is 0. The Morgan fingerprint density at radius 2 is 1.25 bits per heavy atom. The number of aromatic hydroxyl groups is 2. The van der Waals surface area contributed by atoms with Gasteiger partial charge in [0, 0.05) is 38.0 Å². The highest BCUT2D eigenvalue weighted by Crippen LogP contribution is 2.39. The summed E-state index contributed by atoms with van der Waals surface area (Å²) in [7, 11) is 1.29. The highest BCUT2D eigenvalue weighted by molar-refractivity contribution is 5.95. The van der Waals surface area contributed by atoms with Gasteiger partial charge in [-0.2, -0.15) is 0 Å². The van der Waals surface area contributed by atoms with Gasteiger partial charge in [0.05, 0.1) is 45.7 Å². The second-order valence-corrected chi connectivity index (χ2v) is 18.8. The SMILES string of the molecule is COC(=O)CCCCCCCCO[C@@H]1OC(CO)[C@@H](OC2OC(CO)[C@H](O)C(O[C@]3(C(=O)O)CC(O)[C@@H](NC(C)=O)C(C(O)C(O)CO)O3)C2O)C(O[C@@H]2OC(CO)[C@@H](O)C(O)C2O)C1NC(=O)c1cc(O)cc(O)c1. The molecule has 0 saturated carbocycles. The van der Waals surface area contributed by atoms with Gasteiger partial charge >= 0.3 is 11.9 Å². The van der Waals surface area contributed by atoms with Crippen molar-refractivity contribution in [3.8, 4) is 11.5 Å². The molecule has 4 saturated heterocycles. The molecule has 4 fully saturated rings. The number of phenols is 2. The standard InChI is InChI=1S/C46H72N2O28/c1-19(53)47-29-23(56)14-46(45(66)67,75-38(29)31(59)24(57)15-49)76-40-33(61)26(17-51)71-44(36(40)64)73-37-27(18-52)72-42(69-10-8-6-4-3-5-7-9-28(58)68-2)30(48-41(65)20-11-21(54)13-22(55)12-20)39(37)74-43-35(63)34(62)32(60)25(16-50)70-43/h11-13,23-27,29-40,42-44,49-52,54-57,59-64H,3-10,14-18H2,1-2H3,(H,47,53)(H,48,65)(H,66,67)/t23?,24?,25?,26?,27?,29-,30?,31?,32-,33+,34?,35?,36?,37-,38?,39?,40?,42-,43+,44?,46+/m1/s1. The number of methoxy groups -OCH3 is 1. The van der Waals surface area contributed by atoms with Crippen molar-refractivity contribution in [2.75, 3.05) is 40.1 Å². The number of unbranched alkanes of at least 4 members (excludes halogenated alkanes) is 5. The highest BCUT2D eigenvalue weighted by atomic mass is 16.8. The summed E-state index contributed by atoms with van der Waals surface area (Å²) < 4.78 is 52.4. The third-order valence-electron chi connectivity index (χ3n) is 13.3. The van der Waals surface area contributed by atoms with Crippen molar-refractivity contribution in [2.24, 2.45) is 0 Å². The maximum absolute atomic E-state index is 14.1. The van der Waals surface area contributed by atoms with Crippen LogP contribution in [0.4, 0.5) is 0 Å². The molecule has 0 spiro atoms. The van der Waals surface area contributed by atoms with Gasteiger partial charge < -0.3 is 130 Å². The van der Waals surface area contributed by atoms with Gasteiger partial charge in [0.15, 0.2) is 18.9 Å². The molecular formula is C46H72N2O28. The Bertz CT molecular complexity index is 2000. The van der Waals surface area contributed by atoms with Crippen LogP contribution in [0, 0.1) is 0 Å². The van der Waals surface area contributed by atoms with Crippen LogP contribution in [-0.4, -0.2) is 269 Å². The fourth-order valence-electron chi connectivity index (χ4n) is 9.28. The molecule has 21 atom stereocenters. The molecule has 5 rings (SSSR count). The average Bonchev–Trinajstić information content (AvgIpc) is 3.38. The molecule has 0 radical (unpaired) electrons. The van der Waals surface area contributed by atoms with E-state index in [4.69, 9.17) is 37.9 Å². The van der Waals surface area contributed by atoms with E-state index in [-0.39, 0.29) is 24.6 Å². The van der Waals surface area contributed by atoms with Gasteiger partial charge in [0.2, 0.25) is 5.91 Å². The first-order chi connectivity index (χ1) is 36.0. The summed E-state index contributed by atoms with van der Waals surface area (Å²) in [6, 6.07) is -0.568. The minimum atomic E-state index is -3.20. The molecule has 1 aromatic rings. The number of carbonyl (C=O) groups excluding carboxylic acids is 3. The summed E-state index contributed by atoms with van der Waals surface area (Å²) in [6.07, 6.45) is -33.7. The largest absolute Gasteiger partial charge is 0.508 e. The third-order valence-corrected chi connectivity index (χ3v) is 13.3. The summed E-state index contributed by atoms with van der Waals surface area (Å²) in [4.78, 5) is 50.9. The molecular weight excluding hydrogens is 1030 g/mol. The van der Waals surface area contributed by atoms with E-state index in [0.29, 0.717) is 25.7 Å². The Morgan fingerprint density at radius 1 is 0.684 bits per heavy atom. The van der Waals surface area contributed by atoms with E-state index < -0.39 is 190 Å². The van der Waals surface area contributed by atoms with Gasteiger partial charge in [-0.25, -0.2) is 4.79 Å². The number of hydrogen-bond donors (Lipinski definition) is 17. The maximum Gasteiger partial charge on any atom is 0.364 e. The number of aliphatic carboxylic acids is 1. The van der Waals surface area contributed by atoms with Crippen LogP contribution in [0.5, 0.6) is 11.5 Å². The summed E-state index contributed by atoms with van der Waals surface area (Å²) in [6.45, 7) is -3.33. The summed E-state index contributed by atoms with van der Waals surface area (Å²) in [5.41, 5.74) is -0.367. The number of aliphatic hydroxyl groups is 12. The lowest BCUT2D eigenvalue weighted by atomic mass is 9.88. The molecule has 76 heavy (non-hydrogen) atoms. The monoisotopic (exact) mass is 1100 g/mol. The number of esters is 1. The Morgan fingerprint density at radius 3 is 1.83 bits per heavy atom. The lowest BCUT2D eigenvalue weighted by molar-refractivity contribution is -0.391. The molecule has 17 N–H and O–H groups in total. The number of phenolic OH excluding ortho intramolecular Hbond substituents is 2. The van der Waals surface area contributed by atoms with Crippen LogP contribution in [-0.2, 0) is 57.0 Å². The van der Waals surface area contributed by atoms with E-state index in [1.54, 1.807) is 0 Å². The molecule has 1 aromatic carbocycles. The van der Waals surface area contributed by atoms with Gasteiger partial charge in [-0.1, -0.05) is 25.7 Å². The van der Waals surface area contributed by atoms with Crippen LogP contribution in [0.15, 0.2) is 18.2 Å². The van der Waals surface area contributed by atoms with E-state index in [2.05, 4.69) is 15.4 Å². The van der Waals surface area contributed by atoms with Crippen LogP contribution in [0.2, 0.25) is 0 Å². The zero-order valence-corrected chi connectivity index (χ0v) is 41.5. The van der Waals surface area contributed by atoms with Crippen LogP contribution in [0.25, 0.3) is 0 Å². The summed E-state index contributed by atoms with van der Waals surface area (Å²) in [5, 5.41) is 166. The number of rotatable bonds is 26. The van der Waals surface area contributed by atoms with E-state index in [9.17, 15) is 95.8 Å². The predicted molar refractivity (Wildman–Crippen MR) is 246 cm³/mol. The van der Waals surface area contributed by atoms with Crippen molar-refractivity contribution in [3.63, 3.8) is 0 Å². The quantitative estimate of drug-likeness (QED) is 0.0303. The Kier molecular flexibility index (Phi) is 23.7. The molecule has 2 amide bonds. The first-order valence-electron chi connectivity index (χ1n) is 24.6. The van der Waals surface area contributed by atoms with E-state index >= 15 is 0 Å². The van der Waals surface area contributed by atoms with Crippen molar-refractivity contribution < 1.29 is 138 Å². The third kappa shape index (κ3) is 15.4. The molecule has 30 nitrogen and oxygen atoms in total. The number of benzene rings is 1. The molecule has 30 heteroatoms. The van der Waals surface area contributed by atoms with Gasteiger partial charge in [-0.05, 0) is 25.0 Å². The Balaban J connectivity index is 1.53. The van der Waals surface area contributed by atoms with Gasteiger partial charge in [-0.3, -0.25) is 14.4 Å². The minimum Gasteiger partial charge on any atom is -0.508 e. The highest BCUT2D eigenvalue weighted by Gasteiger charge is 2.61. The number of carbonyl (C=O) groups is 4. The number of carboxylic acid groups (broad SMARTS) is 1. The number of aliphatic hydroxyl groups excluding tert-OH is 12. The molecule has 4 heterocycles. The van der Waals surface area contributed by atoms with E-state index in [1.807, 2.05) is 0 Å². The molecule has 14 unspecified atom stereocenters. The number of amides is 2. The molecule has 0 aliphatic carbocycles. The van der Waals surface area contributed by atoms with Crippen molar-refractivity contribution in [3.05, 3.63) is 23.8 Å². The topological polar surface area (TPSA) is 479 Å². The van der Waals surface area contributed by atoms with Crippen LogP contribution >= 0.6 is 0 Å². The normalized spacial score (nSPS) is 36.7. The zero-order valence-electron chi connectivity index (χ0n) is 41.5. The van der Waals surface area contributed by atoms with E-state index in [0.717, 1.165) is 38.0 Å². The van der Waals surface area contributed by atoms with Crippen LogP contribution < -0.4 is 10.6 Å². The predicted octanol–water partition coefficient (Wildman–Crippen LogP) is -6.62. The first-order valence-corrected chi connectivity index (χ1v) is 24.6. The van der Waals surface area contributed by atoms with Gasteiger partial charge in [-0.15, -0.1) is 0 Å². The van der Waals surface area contributed by atoms with Gasteiger partial charge in [0.1, 0.15) is 103 Å². The van der Waals surface area contributed by atoms with Gasteiger partial charge in [0.25, 0.3) is 11.7 Å². The lowest BCUT2D eigenvalue weighted by Crippen LogP contribution is -2.71. The first kappa shape index (κ1) is 62.7. The van der Waals surface area contributed by atoms with Crippen molar-refractivity contribution in [1.82, 2.24) is 10.6 Å². The number of nitrogens with one attached hydrogen (secondary N) is 2. The fourth-order valence-corrected chi connectivity index (χ4v) is 9.28. The summed E-state index contributed by atoms with van der Waals surface area (Å²) in [5.74, 6) is -8.61. The number of hydrogen-bond acceptors (Lipinski definition) is 27. The van der Waals surface area contributed by atoms with Crippen molar-refractivity contribution in [1.29, 1.82) is 0 Å². The zero-order chi connectivity index (χ0) is 56.2. The second kappa shape index (κ2) is 28.7. The molecule has 0 aromatic heterocycles. The fraction of sp³-hybridized carbons (Fsp3) is 0.783. The number of carboxylic acids is 1. The van der Waals surface area contributed by atoms with Crippen molar-refractivity contribution in [2.45, 2.75) is 187 Å². The van der Waals surface area contributed by atoms with Crippen LogP contribution in [0.1, 0.15) is 68.6 Å².